The number of rotatable bonds is 6. The van der Waals surface area contributed by atoms with Gasteiger partial charge in [0.15, 0.2) is 0 Å². The number of carbonyl (C=O) groups is 1. The molecule has 3 aromatic rings. The number of hydrogen-bond donors (Lipinski definition) is 1. The second kappa shape index (κ2) is 7.90. The van der Waals surface area contributed by atoms with Crippen molar-refractivity contribution in [1.29, 1.82) is 0 Å². The Kier molecular flexibility index (Phi) is 5.00. The molecule has 0 saturated carbocycles. The molecular weight excluding hydrogens is 340 g/mol. The largest absolute Gasteiger partial charge is 0.352 e. The third-order valence-electron chi connectivity index (χ3n) is 4.55. The van der Waals surface area contributed by atoms with Gasteiger partial charge in [-0.05, 0) is 36.2 Å². The molecule has 0 atom stereocenters. The predicted molar refractivity (Wildman–Crippen MR) is 103 cm³/mol. The van der Waals surface area contributed by atoms with Crippen LogP contribution in [0.2, 0.25) is 0 Å². The van der Waals surface area contributed by atoms with Crippen molar-refractivity contribution in [2.24, 2.45) is 0 Å². The first-order valence-electron chi connectivity index (χ1n) is 9.01. The first-order valence-corrected chi connectivity index (χ1v) is 9.01. The minimum atomic E-state index is 0.224. The first kappa shape index (κ1) is 17.1. The fraction of sp³-hybridized carbons (Fsp3) is 0.250. The molecule has 0 radical (unpaired) electrons. The molecular formula is C20H20N6O. The van der Waals surface area contributed by atoms with Crippen molar-refractivity contribution < 1.29 is 4.79 Å². The Balaban J connectivity index is 1.58. The molecule has 1 aliphatic rings. The van der Waals surface area contributed by atoms with E-state index in [1.165, 1.54) is 0 Å². The molecule has 27 heavy (non-hydrogen) atoms. The highest BCUT2D eigenvalue weighted by Crippen LogP contribution is 2.29. The summed E-state index contributed by atoms with van der Waals surface area (Å²) in [6.07, 6.45) is 10.4. The third-order valence-corrected chi connectivity index (χ3v) is 4.55. The summed E-state index contributed by atoms with van der Waals surface area (Å²) in [4.78, 5) is 31.1. The van der Waals surface area contributed by atoms with E-state index in [1.54, 1.807) is 24.8 Å². The number of aromatic nitrogens is 4. The molecule has 1 saturated heterocycles. The van der Waals surface area contributed by atoms with Crippen molar-refractivity contribution >= 4 is 11.9 Å². The zero-order valence-corrected chi connectivity index (χ0v) is 14.9. The SMILES string of the molecule is O=C1CCCN1CCNc1ncc(-c2ccncc2)c(-c2cccnc2)n1. The van der Waals surface area contributed by atoms with E-state index in [9.17, 15) is 4.79 Å². The molecule has 0 bridgehead atoms. The monoisotopic (exact) mass is 360 g/mol. The number of amides is 1. The Morgan fingerprint density at radius 1 is 1.04 bits per heavy atom. The number of nitrogens with zero attached hydrogens (tertiary/aromatic N) is 5. The zero-order valence-electron chi connectivity index (χ0n) is 14.9. The van der Waals surface area contributed by atoms with Crippen LogP contribution < -0.4 is 5.32 Å². The molecule has 1 fully saturated rings. The summed E-state index contributed by atoms with van der Waals surface area (Å²) >= 11 is 0. The molecule has 7 nitrogen and oxygen atoms in total. The van der Waals surface area contributed by atoms with E-state index < -0.39 is 0 Å². The van der Waals surface area contributed by atoms with Crippen LogP contribution in [0.25, 0.3) is 22.4 Å². The molecule has 0 spiro atoms. The molecule has 136 valence electrons. The molecule has 1 aliphatic heterocycles. The summed E-state index contributed by atoms with van der Waals surface area (Å²) < 4.78 is 0. The normalized spacial score (nSPS) is 13.8. The third kappa shape index (κ3) is 3.92. The van der Waals surface area contributed by atoms with E-state index in [2.05, 4.69) is 20.3 Å². The van der Waals surface area contributed by atoms with Crippen LogP contribution in [-0.2, 0) is 4.79 Å². The van der Waals surface area contributed by atoms with Gasteiger partial charge in [0.05, 0.1) is 5.69 Å². The lowest BCUT2D eigenvalue weighted by atomic mass is 10.0. The van der Waals surface area contributed by atoms with E-state index in [1.807, 2.05) is 35.4 Å². The van der Waals surface area contributed by atoms with Gasteiger partial charge in [-0.2, -0.15) is 0 Å². The van der Waals surface area contributed by atoms with E-state index >= 15 is 0 Å². The lowest BCUT2D eigenvalue weighted by Gasteiger charge is -2.16. The first-order chi connectivity index (χ1) is 13.3. The second-order valence-corrected chi connectivity index (χ2v) is 6.34. The number of carbonyl (C=O) groups excluding carboxylic acids is 1. The summed E-state index contributed by atoms with van der Waals surface area (Å²) in [5.41, 5.74) is 3.65. The quantitative estimate of drug-likeness (QED) is 0.727. The average Bonchev–Trinajstić information content (AvgIpc) is 3.14. The molecule has 3 aromatic heterocycles. The van der Waals surface area contributed by atoms with Crippen molar-refractivity contribution in [2.75, 3.05) is 25.0 Å². The van der Waals surface area contributed by atoms with Crippen molar-refractivity contribution in [2.45, 2.75) is 12.8 Å². The number of likely N-dealkylation sites (tertiary alicyclic amines) is 1. The standard InChI is InChI=1S/C20H20N6O/c27-18-4-2-11-26(18)12-10-23-20-24-14-17(15-5-8-21-9-6-15)19(25-20)16-3-1-7-22-13-16/h1,3,5-9,13-14H,2,4,10-12H2,(H,23,24,25). The summed E-state index contributed by atoms with van der Waals surface area (Å²) in [6, 6.07) is 7.74. The van der Waals surface area contributed by atoms with Crippen molar-refractivity contribution in [3.05, 3.63) is 55.2 Å². The molecule has 1 amide bonds. The summed E-state index contributed by atoms with van der Waals surface area (Å²) in [6.45, 7) is 2.12. The minimum absolute atomic E-state index is 0.224. The highest BCUT2D eigenvalue weighted by atomic mass is 16.2. The van der Waals surface area contributed by atoms with Crippen LogP contribution in [0.15, 0.2) is 55.2 Å². The van der Waals surface area contributed by atoms with E-state index in [0.29, 0.717) is 25.5 Å². The maximum Gasteiger partial charge on any atom is 0.223 e. The van der Waals surface area contributed by atoms with Gasteiger partial charge in [0.1, 0.15) is 0 Å². The van der Waals surface area contributed by atoms with Gasteiger partial charge >= 0.3 is 0 Å². The number of anilines is 1. The molecule has 1 N–H and O–H groups in total. The summed E-state index contributed by atoms with van der Waals surface area (Å²) in [7, 11) is 0. The van der Waals surface area contributed by atoms with Gasteiger partial charge in [-0.25, -0.2) is 9.97 Å². The Morgan fingerprint density at radius 3 is 2.67 bits per heavy atom. The van der Waals surface area contributed by atoms with Crippen LogP contribution in [0.1, 0.15) is 12.8 Å². The second-order valence-electron chi connectivity index (χ2n) is 6.34. The predicted octanol–water partition coefficient (Wildman–Crippen LogP) is 2.63. The van der Waals surface area contributed by atoms with Gasteiger partial charge in [0, 0.05) is 68.2 Å². The Hall–Kier alpha value is -3.35. The maximum atomic E-state index is 11.7. The highest BCUT2D eigenvalue weighted by molar-refractivity contribution is 5.80. The Bertz CT molecular complexity index is 916. The van der Waals surface area contributed by atoms with Crippen LogP contribution in [0.5, 0.6) is 0 Å². The van der Waals surface area contributed by atoms with Gasteiger partial charge in [-0.3, -0.25) is 14.8 Å². The summed E-state index contributed by atoms with van der Waals surface area (Å²) in [5.74, 6) is 0.764. The molecule has 0 unspecified atom stereocenters. The fourth-order valence-electron chi connectivity index (χ4n) is 3.18. The number of nitrogens with one attached hydrogen (secondary N) is 1. The van der Waals surface area contributed by atoms with Gasteiger partial charge in [-0.1, -0.05) is 0 Å². The molecule has 0 aliphatic carbocycles. The van der Waals surface area contributed by atoms with Gasteiger partial charge in [-0.15, -0.1) is 0 Å². The Morgan fingerprint density at radius 2 is 1.93 bits per heavy atom. The number of pyridine rings is 2. The van der Waals surface area contributed by atoms with Crippen LogP contribution >= 0.6 is 0 Å². The van der Waals surface area contributed by atoms with E-state index in [0.717, 1.165) is 35.3 Å². The molecule has 4 rings (SSSR count). The smallest absolute Gasteiger partial charge is 0.223 e. The molecule has 7 heteroatoms. The van der Waals surface area contributed by atoms with Crippen LogP contribution in [0.4, 0.5) is 5.95 Å². The summed E-state index contributed by atoms with van der Waals surface area (Å²) in [5, 5.41) is 3.23. The Labute approximate surface area is 157 Å². The minimum Gasteiger partial charge on any atom is -0.352 e. The lowest BCUT2D eigenvalue weighted by Crippen LogP contribution is -2.30. The van der Waals surface area contributed by atoms with Crippen molar-refractivity contribution in [3.63, 3.8) is 0 Å². The highest BCUT2D eigenvalue weighted by Gasteiger charge is 2.19. The van der Waals surface area contributed by atoms with Gasteiger partial charge in [0.25, 0.3) is 0 Å². The lowest BCUT2D eigenvalue weighted by molar-refractivity contribution is -0.127. The molecule has 0 aromatic carbocycles. The van der Waals surface area contributed by atoms with Gasteiger partial charge in [0.2, 0.25) is 11.9 Å². The van der Waals surface area contributed by atoms with Crippen molar-refractivity contribution in [3.8, 4) is 22.4 Å². The van der Waals surface area contributed by atoms with E-state index in [-0.39, 0.29) is 5.91 Å². The maximum absolute atomic E-state index is 11.7. The van der Waals surface area contributed by atoms with Crippen LogP contribution in [0, 0.1) is 0 Å². The van der Waals surface area contributed by atoms with Crippen LogP contribution in [-0.4, -0.2) is 50.4 Å². The van der Waals surface area contributed by atoms with Crippen molar-refractivity contribution in [1.82, 2.24) is 24.8 Å². The number of hydrogen-bond acceptors (Lipinski definition) is 6. The zero-order chi connectivity index (χ0) is 18.5. The molecule has 4 heterocycles. The fourth-order valence-corrected chi connectivity index (χ4v) is 3.18. The van der Waals surface area contributed by atoms with E-state index in [4.69, 9.17) is 4.98 Å². The van der Waals surface area contributed by atoms with Gasteiger partial charge < -0.3 is 10.2 Å². The van der Waals surface area contributed by atoms with Crippen LogP contribution in [0.3, 0.4) is 0 Å². The topological polar surface area (TPSA) is 83.9 Å². The average molecular weight is 360 g/mol.